The summed E-state index contributed by atoms with van der Waals surface area (Å²) in [6.07, 6.45) is -0.0201. The molecule has 1 saturated heterocycles. The zero-order chi connectivity index (χ0) is 7.61. The van der Waals surface area contributed by atoms with Crippen LogP contribution in [0.15, 0.2) is 0 Å². The molecule has 0 bridgehead atoms. The van der Waals surface area contributed by atoms with Gasteiger partial charge in [-0.05, 0) is 11.8 Å². The van der Waals surface area contributed by atoms with Crippen LogP contribution in [0, 0.1) is 0 Å². The van der Waals surface area contributed by atoms with E-state index in [-0.39, 0.29) is 6.10 Å². The van der Waals surface area contributed by atoms with Crippen molar-refractivity contribution in [2.24, 2.45) is 0 Å². The zero-order valence-electron chi connectivity index (χ0n) is 5.52. The first-order valence-electron chi connectivity index (χ1n) is 2.79. The molecule has 0 aromatic carbocycles. The third-order valence-electron chi connectivity index (χ3n) is 1.06. The van der Waals surface area contributed by atoms with Crippen LogP contribution in [0.2, 0.25) is 0 Å². The average molecular weight is 200 g/mol. The van der Waals surface area contributed by atoms with E-state index in [0.717, 1.165) is 0 Å². The highest BCUT2D eigenvalue weighted by molar-refractivity contribution is 8.60. The Balaban J connectivity index is 2.36. The number of rotatable bonds is 2. The molecular formula is C4H9O3PS2. The lowest BCUT2D eigenvalue weighted by Crippen LogP contribution is -2.15. The Labute approximate surface area is 70.4 Å². The van der Waals surface area contributed by atoms with Crippen molar-refractivity contribution in [1.82, 2.24) is 0 Å². The van der Waals surface area contributed by atoms with E-state index in [1.165, 1.54) is 0 Å². The van der Waals surface area contributed by atoms with Gasteiger partial charge in [0.25, 0.3) is 0 Å². The molecule has 0 N–H and O–H groups in total. The van der Waals surface area contributed by atoms with Crippen LogP contribution < -0.4 is 0 Å². The van der Waals surface area contributed by atoms with Gasteiger partial charge in [0.1, 0.15) is 6.10 Å². The van der Waals surface area contributed by atoms with Gasteiger partial charge in [-0.3, -0.25) is 0 Å². The number of thiol groups is 1. The van der Waals surface area contributed by atoms with Crippen molar-refractivity contribution >= 4 is 29.7 Å². The third kappa shape index (κ3) is 2.49. The van der Waals surface area contributed by atoms with Crippen LogP contribution >= 0.6 is 17.9 Å². The van der Waals surface area contributed by atoms with Crippen molar-refractivity contribution in [2.45, 2.75) is 6.10 Å². The Bertz CT molecular complexity index is 163. The van der Waals surface area contributed by atoms with Gasteiger partial charge in [-0.2, -0.15) is 0 Å². The summed E-state index contributed by atoms with van der Waals surface area (Å²) in [5.74, 6) is 0. The molecule has 0 amide bonds. The van der Waals surface area contributed by atoms with Gasteiger partial charge >= 0.3 is 0 Å². The van der Waals surface area contributed by atoms with Crippen LogP contribution in [0.5, 0.6) is 0 Å². The summed E-state index contributed by atoms with van der Waals surface area (Å²) in [6.45, 7) is 1.04. The zero-order valence-corrected chi connectivity index (χ0v) is 8.12. The maximum absolute atomic E-state index is 5.23. The Morgan fingerprint density at radius 3 is 3.00 bits per heavy atom. The monoisotopic (exact) mass is 200 g/mol. The minimum absolute atomic E-state index is 0.0201. The molecule has 60 valence electrons. The van der Waals surface area contributed by atoms with Crippen molar-refractivity contribution in [3.05, 3.63) is 0 Å². The van der Waals surface area contributed by atoms with Crippen molar-refractivity contribution in [2.75, 3.05) is 20.3 Å². The second kappa shape index (κ2) is 3.52. The molecule has 10 heavy (non-hydrogen) atoms. The van der Waals surface area contributed by atoms with E-state index in [2.05, 4.69) is 12.2 Å². The minimum Gasteiger partial charge on any atom is -0.382 e. The van der Waals surface area contributed by atoms with E-state index in [4.69, 9.17) is 25.6 Å². The lowest BCUT2D eigenvalue weighted by atomic mass is 10.4. The molecule has 2 atom stereocenters. The number of methoxy groups -OCH3 is 1. The molecule has 0 aliphatic carbocycles. The second-order valence-corrected chi connectivity index (χ2v) is 7.19. The Kier molecular flexibility index (Phi) is 3.16. The topological polar surface area (TPSA) is 27.7 Å². The lowest BCUT2D eigenvalue weighted by Gasteiger charge is -2.06. The summed E-state index contributed by atoms with van der Waals surface area (Å²) in [4.78, 5) is 0. The van der Waals surface area contributed by atoms with Gasteiger partial charge in [0, 0.05) is 7.11 Å². The average Bonchev–Trinajstić information content (AvgIpc) is 2.12. The van der Waals surface area contributed by atoms with Crippen LogP contribution in [0.4, 0.5) is 0 Å². The highest BCUT2D eigenvalue weighted by atomic mass is 32.9. The summed E-state index contributed by atoms with van der Waals surface area (Å²) in [6, 6.07) is 0. The molecule has 0 saturated carbocycles. The van der Waals surface area contributed by atoms with E-state index >= 15 is 0 Å². The predicted octanol–water partition coefficient (Wildman–Crippen LogP) is 1.20. The fourth-order valence-electron chi connectivity index (χ4n) is 0.691. The number of ether oxygens (including phenoxy) is 1. The first-order valence-corrected chi connectivity index (χ1v) is 6.58. The highest BCUT2D eigenvalue weighted by Crippen LogP contribution is 2.58. The van der Waals surface area contributed by atoms with Gasteiger partial charge < -0.3 is 13.8 Å². The standard InChI is InChI=1S/C4H9O3PS2/c1-5-2-4-3-6-8(9,10)7-4/h4H,2-3H2,1H3,(H,9,10). The van der Waals surface area contributed by atoms with Gasteiger partial charge in [0.2, 0.25) is 5.69 Å². The summed E-state index contributed by atoms with van der Waals surface area (Å²) in [7, 11) is 1.61. The fraction of sp³-hybridized carbons (Fsp3) is 1.00. The van der Waals surface area contributed by atoms with Crippen molar-refractivity contribution < 1.29 is 13.8 Å². The van der Waals surface area contributed by atoms with Crippen LogP contribution in [0.1, 0.15) is 0 Å². The molecule has 2 unspecified atom stereocenters. The first-order chi connectivity index (χ1) is 4.64. The van der Waals surface area contributed by atoms with Gasteiger partial charge in [-0.15, -0.1) is 0 Å². The summed E-state index contributed by atoms with van der Waals surface area (Å²) >= 11 is 8.90. The van der Waals surface area contributed by atoms with E-state index in [0.29, 0.717) is 13.2 Å². The quantitative estimate of drug-likeness (QED) is 0.535. The van der Waals surface area contributed by atoms with Crippen molar-refractivity contribution in [1.29, 1.82) is 0 Å². The molecule has 6 heteroatoms. The smallest absolute Gasteiger partial charge is 0.244 e. The Morgan fingerprint density at radius 1 is 1.90 bits per heavy atom. The Hall–Kier alpha value is 0.880. The fourth-order valence-corrected chi connectivity index (χ4v) is 2.75. The van der Waals surface area contributed by atoms with Gasteiger partial charge in [-0.25, -0.2) is 0 Å². The molecule has 1 rings (SSSR count). The summed E-state index contributed by atoms with van der Waals surface area (Å²) in [5.41, 5.74) is -2.18. The molecule has 1 aliphatic rings. The second-order valence-electron chi connectivity index (χ2n) is 1.95. The molecule has 0 aromatic heterocycles. The van der Waals surface area contributed by atoms with Gasteiger partial charge in [0.05, 0.1) is 13.2 Å². The molecule has 1 aliphatic heterocycles. The highest BCUT2D eigenvalue weighted by Gasteiger charge is 2.28. The summed E-state index contributed by atoms with van der Waals surface area (Å²) in [5, 5.41) is 0. The Morgan fingerprint density at radius 2 is 2.60 bits per heavy atom. The molecule has 1 fully saturated rings. The van der Waals surface area contributed by atoms with Crippen LogP contribution in [-0.2, 0) is 25.6 Å². The first kappa shape index (κ1) is 8.97. The van der Waals surface area contributed by atoms with Crippen LogP contribution in [0.25, 0.3) is 0 Å². The van der Waals surface area contributed by atoms with Gasteiger partial charge in [0.15, 0.2) is 0 Å². The van der Waals surface area contributed by atoms with E-state index in [9.17, 15) is 0 Å². The maximum Gasteiger partial charge on any atom is 0.244 e. The summed E-state index contributed by atoms with van der Waals surface area (Å²) < 4.78 is 15.2. The normalized spacial score (nSPS) is 40.4. The molecular weight excluding hydrogens is 191 g/mol. The SMILES string of the molecule is COCC1COP(=S)(S)O1. The molecule has 0 spiro atoms. The molecule has 1 heterocycles. The number of hydrogen-bond acceptors (Lipinski definition) is 4. The van der Waals surface area contributed by atoms with Crippen LogP contribution in [-0.4, -0.2) is 26.4 Å². The van der Waals surface area contributed by atoms with Crippen molar-refractivity contribution in [3.8, 4) is 0 Å². The maximum atomic E-state index is 5.23. The van der Waals surface area contributed by atoms with Crippen LogP contribution in [0.3, 0.4) is 0 Å². The largest absolute Gasteiger partial charge is 0.382 e. The molecule has 3 nitrogen and oxygen atoms in total. The van der Waals surface area contributed by atoms with Gasteiger partial charge in [-0.1, -0.05) is 12.2 Å². The molecule has 0 radical (unpaired) electrons. The third-order valence-corrected chi connectivity index (χ3v) is 3.30. The van der Waals surface area contributed by atoms with E-state index < -0.39 is 5.69 Å². The predicted molar refractivity (Wildman–Crippen MR) is 46.0 cm³/mol. The van der Waals surface area contributed by atoms with E-state index in [1.54, 1.807) is 7.11 Å². The molecule has 0 aromatic rings. The van der Waals surface area contributed by atoms with Crippen molar-refractivity contribution in [3.63, 3.8) is 0 Å². The number of hydrogen-bond donors (Lipinski definition) is 1. The van der Waals surface area contributed by atoms with E-state index in [1.807, 2.05) is 0 Å². The minimum atomic E-state index is -2.18. The lowest BCUT2D eigenvalue weighted by molar-refractivity contribution is 0.0968.